The van der Waals surface area contributed by atoms with Gasteiger partial charge in [-0.15, -0.1) is 11.3 Å². The summed E-state index contributed by atoms with van der Waals surface area (Å²) < 4.78 is 15.4. The van der Waals surface area contributed by atoms with Crippen molar-refractivity contribution in [3.05, 3.63) is 71.0 Å². The molecule has 1 aliphatic rings. The highest BCUT2D eigenvalue weighted by Gasteiger charge is 2.22. The summed E-state index contributed by atoms with van der Waals surface area (Å²) in [5, 5.41) is 6.73. The van der Waals surface area contributed by atoms with E-state index in [1.165, 1.54) is 12.3 Å². The molecule has 0 unspecified atom stereocenters. The molecule has 0 aromatic carbocycles. The van der Waals surface area contributed by atoms with Crippen molar-refractivity contribution in [3.8, 4) is 11.5 Å². The van der Waals surface area contributed by atoms with Crippen LogP contribution in [0.15, 0.2) is 54.4 Å². The summed E-state index contributed by atoms with van der Waals surface area (Å²) in [5.74, 6) is 0.916. The topological polar surface area (TPSA) is 71.2 Å². The number of anilines is 1. The van der Waals surface area contributed by atoms with Gasteiger partial charge in [0.15, 0.2) is 5.82 Å². The number of thiazole rings is 1. The average molecular weight is 450 g/mol. The molecular weight excluding hydrogens is 425 g/mol. The number of rotatable bonds is 6. The first kappa shape index (κ1) is 20.6. The first-order chi connectivity index (χ1) is 15.5. The van der Waals surface area contributed by atoms with E-state index < -0.39 is 0 Å². The van der Waals surface area contributed by atoms with Gasteiger partial charge in [0.2, 0.25) is 0 Å². The second-order valence-corrected chi connectivity index (χ2v) is 9.08. The maximum Gasteiger partial charge on any atom is 0.180 e. The van der Waals surface area contributed by atoms with E-state index in [1.807, 2.05) is 13.0 Å². The molecular formula is C23H24FN7S. The molecule has 4 aromatic rings. The van der Waals surface area contributed by atoms with Gasteiger partial charge >= 0.3 is 0 Å². The number of nitrogens with one attached hydrogen (secondary N) is 1. The number of fused-ring (bicyclic) bond motifs is 1. The monoisotopic (exact) mass is 449 g/mol. The summed E-state index contributed by atoms with van der Waals surface area (Å²) in [4.78, 5) is 20.3. The molecule has 5 heterocycles. The van der Waals surface area contributed by atoms with Crippen LogP contribution in [0.25, 0.3) is 17.2 Å². The fourth-order valence-electron chi connectivity index (χ4n) is 4.08. The predicted octanol–water partition coefficient (Wildman–Crippen LogP) is 4.33. The molecule has 1 fully saturated rings. The predicted molar refractivity (Wildman–Crippen MR) is 124 cm³/mol. The number of aromatic nitrogens is 5. The van der Waals surface area contributed by atoms with Crippen molar-refractivity contribution in [1.82, 2.24) is 29.2 Å². The van der Waals surface area contributed by atoms with E-state index >= 15 is 0 Å². The van der Waals surface area contributed by atoms with Gasteiger partial charge in [-0.2, -0.15) is 0 Å². The highest BCUT2D eigenvalue weighted by molar-refractivity contribution is 7.09. The Morgan fingerprint density at radius 1 is 1.28 bits per heavy atom. The Morgan fingerprint density at radius 2 is 2.19 bits per heavy atom. The van der Waals surface area contributed by atoms with E-state index in [4.69, 9.17) is 0 Å². The Labute approximate surface area is 189 Å². The molecule has 0 saturated carbocycles. The molecule has 0 spiro atoms. The van der Waals surface area contributed by atoms with Gasteiger partial charge in [0.1, 0.15) is 23.0 Å². The number of piperidine rings is 1. The van der Waals surface area contributed by atoms with Gasteiger partial charge in [-0.25, -0.2) is 24.3 Å². The minimum atomic E-state index is -0.332. The van der Waals surface area contributed by atoms with Crippen molar-refractivity contribution in [1.29, 1.82) is 0 Å². The van der Waals surface area contributed by atoms with Crippen molar-refractivity contribution in [2.75, 3.05) is 18.4 Å². The van der Waals surface area contributed by atoms with Crippen LogP contribution in [0.2, 0.25) is 0 Å². The molecule has 4 aromatic heterocycles. The molecule has 1 saturated heterocycles. The van der Waals surface area contributed by atoms with Gasteiger partial charge in [0, 0.05) is 49.0 Å². The quantitative estimate of drug-likeness (QED) is 0.473. The van der Waals surface area contributed by atoms with Crippen LogP contribution in [0.5, 0.6) is 0 Å². The lowest BCUT2D eigenvalue weighted by molar-refractivity contribution is 0.265. The SMILES string of the molecule is C=C(Cc1csc(C)n1)N1CCC[C@@H](Nc2ccnc(-c3cnc4ccc(F)cn34)n2)C1. The second-order valence-electron chi connectivity index (χ2n) is 8.01. The highest BCUT2D eigenvalue weighted by Crippen LogP contribution is 2.23. The molecule has 5 rings (SSSR count). The third kappa shape index (κ3) is 4.34. The summed E-state index contributed by atoms with van der Waals surface area (Å²) >= 11 is 1.67. The first-order valence-corrected chi connectivity index (χ1v) is 11.5. The van der Waals surface area contributed by atoms with Crippen LogP contribution in [0, 0.1) is 12.7 Å². The van der Waals surface area contributed by atoms with Gasteiger partial charge in [-0.3, -0.25) is 4.40 Å². The number of halogens is 1. The summed E-state index contributed by atoms with van der Waals surface area (Å²) in [7, 11) is 0. The maximum atomic E-state index is 13.7. The number of pyridine rings is 1. The Kier molecular flexibility index (Phi) is 5.57. The van der Waals surface area contributed by atoms with Gasteiger partial charge in [0.05, 0.1) is 16.9 Å². The van der Waals surface area contributed by atoms with Crippen molar-refractivity contribution in [2.24, 2.45) is 0 Å². The van der Waals surface area contributed by atoms with Gasteiger partial charge in [0.25, 0.3) is 0 Å². The van der Waals surface area contributed by atoms with Crippen LogP contribution < -0.4 is 5.32 Å². The second kappa shape index (κ2) is 8.66. The van der Waals surface area contributed by atoms with Crippen LogP contribution in [0.1, 0.15) is 23.5 Å². The maximum absolute atomic E-state index is 13.7. The minimum Gasteiger partial charge on any atom is -0.373 e. The van der Waals surface area contributed by atoms with Crippen LogP contribution in [0.3, 0.4) is 0 Å². The van der Waals surface area contributed by atoms with Crippen molar-refractivity contribution in [3.63, 3.8) is 0 Å². The molecule has 1 atom stereocenters. The number of likely N-dealkylation sites (tertiary alicyclic amines) is 1. The van der Waals surface area contributed by atoms with E-state index in [0.29, 0.717) is 17.2 Å². The summed E-state index contributed by atoms with van der Waals surface area (Å²) in [5.41, 5.74) is 3.48. The summed E-state index contributed by atoms with van der Waals surface area (Å²) in [6.07, 6.45) is 7.69. The Bertz CT molecular complexity index is 1260. The molecule has 1 aliphatic heterocycles. The number of imidazole rings is 1. The molecule has 7 nitrogen and oxygen atoms in total. The molecule has 0 amide bonds. The summed E-state index contributed by atoms with van der Waals surface area (Å²) in [6.45, 7) is 8.20. The van der Waals surface area contributed by atoms with Gasteiger partial charge in [-0.1, -0.05) is 6.58 Å². The molecule has 1 N–H and O–H groups in total. The lowest BCUT2D eigenvalue weighted by Gasteiger charge is -2.36. The smallest absolute Gasteiger partial charge is 0.180 e. The number of nitrogens with zero attached hydrogens (tertiary/aromatic N) is 6. The lowest BCUT2D eigenvalue weighted by atomic mass is 10.0. The third-order valence-corrected chi connectivity index (χ3v) is 6.45. The zero-order valence-corrected chi connectivity index (χ0v) is 18.6. The van der Waals surface area contributed by atoms with Crippen LogP contribution in [0.4, 0.5) is 10.2 Å². The van der Waals surface area contributed by atoms with Crippen molar-refractivity contribution >= 4 is 22.8 Å². The van der Waals surface area contributed by atoms with Gasteiger partial charge < -0.3 is 10.2 Å². The Morgan fingerprint density at radius 3 is 3.03 bits per heavy atom. The van der Waals surface area contributed by atoms with E-state index in [9.17, 15) is 4.39 Å². The number of allylic oxidation sites excluding steroid dienone is 1. The molecule has 32 heavy (non-hydrogen) atoms. The molecule has 9 heteroatoms. The lowest BCUT2D eigenvalue weighted by Crippen LogP contribution is -2.41. The Hall–Kier alpha value is -3.33. The first-order valence-electron chi connectivity index (χ1n) is 10.6. The number of aryl methyl sites for hydroxylation is 1. The summed E-state index contributed by atoms with van der Waals surface area (Å²) in [6, 6.07) is 5.14. The highest BCUT2D eigenvalue weighted by atomic mass is 32.1. The average Bonchev–Trinajstić information content (AvgIpc) is 3.39. The van der Waals surface area contributed by atoms with Crippen LogP contribution in [-0.4, -0.2) is 48.4 Å². The zero-order chi connectivity index (χ0) is 22.1. The van der Waals surface area contributed by atoms with Crippen molar-refractivity contribution in [2.45, 2.75) is 32.2 Å². The van der Waals surface area contributed by atoms with Crippen LogP contribution >= 0.6 is 11.3 Å². The van der Waals surface area contributed by atoms with E-state index in [1.54, 1.807) is 34.2 Å². The fraction of sp³-hybridized carbons (Fsp3) is 0.304. The van der Waals surface area contributed by atoms with E-state index in [0.717, 1.165) is 54.6 Å². The number of hydrogen-bond donors (Lipinski definition) is 1. The molecule has 0 bridgehead atoms. The molecule has 0 aliphatic carbocycles. The zero-order valence-electron chi connectivity index (χ0n) is 17.8. The van der Waals surface area contributed by atoms with E-state index in [2.05, 4.69) is 42.1 Å². The van der Waals surface area contributed by atoms with Gasteiger partial charge in [-0.05, 0) is 38.0 Å². The van der Waals surface area contributed by atoms with E-state index in [-0.39, 0.29) is 11.9 Å². The minimum absolute atomic E-state index is 0.250. The van der Waals surface area contributed by atoms with Crippen molar-refractivity contribution < 1.29 is 4.39 Å². The third-order valence-electron chi connectivity index (χ3n) is 5.63. The molecule has 0 radical (unpaired) electrons. The molecule has 164 valence electrons. The fourth-order valence-corrected chi connectivity index (χ4v) is 4.70. The normalized spacial score (nSPS) is 16.4. The van der Waals surface area contributed by atoms with Crippen LogP contribution in [-0.2, 0) is 6.42 Å². The standard InChI is InChI=1S/C23H24FN7S/c1-15(10-19-14-32-16(2)27-19)30-9-3-4-18(13-30)28-21-7-8-25-23(29-21)20-11-26-22-6-5-17(24)12-31(20)22/h5-8,11-12,14,18H,1,3-4,9-10,13H2,2H3,(H,25,28,29)/t18-/m1/s1. The number of hydrogen-bond acceptors (Lipinski definition) is 7. The largest absolute Gasteiger partial charge is 0.373 e. The Balaban J connectivity index is 1.29.